The first kappa shape index (κ1) is 17.0. The molecular weight excluding hydrogens is 360 g/mol. The molecule has 1 amide bonds. The van der Waals surface area contributed by atoms with Crippen molar-refractivity contribution in [2.45, 2.75) is 0 Å². The molecule has 4 rings (SSSR count). The van der Waals surface area contributed by atoms with Gasteiger partial charge in [0.05, 0.1) is 16.9 Å². The second-order valence-corrected chi connectivity index (χ2v) is 6.32. The Labute approximate surface area is 160 Å². The molecule has 6 heteroatoms. The Hall–Kier alpha value is -3.44. The van der Waals surface area contributed by atoms with Gasteiger partial charge in [-0.1, -0.05) is 72.3 Å². The first-order valence-corrected chi connectivity index (χ1v) is 8.71. The van der Waals surface area contributed by atoms with E-state index in [4.69, 9.17) is 11.6 Å². The molecule has 0 radical (unpaired) electrons. The van der Waals surface area contributed by atoms with Crippen molar-refractivity contribution in [3.05, 3.63) is 89.1 Å². The third-order valence-electron chi connectivity index (χ3n) is 4.17. The van der Waals surface area contributed by atoms with Gasteiger partial charge in [0, 0.05) is 11.1 Å². The molecule has 27 heavy (non-hydrogen) atoms. The third-order valence-corrected chi connectivity index (χ3v) is 4.49. The van der Waals surface area contributed by atoms with Crippen molar-refractivity contribution in [1.82, 2.24) is 15.6 Å². The zero-order chi connectivity index (χ0) is 18.6. The minimum Gasteiger partial charge on any atom is -0.272 e. The topological polar surface area (TPSA) is 70.1 Å². The van der Waals surface area contributed by atoms with Crippen molar-refractivity contribution in [3.8, 4) is 11.3 Å². The fraction of sp³-hybridized carbons (Fsp3) is 0. The number of nitrogens with one attached hydrogen (secondary N) is 2. The number of hydrogen-bond donors (Lipinski definition) is 2. The van der Waals surface area contributed by atoms with Crippen LogP contribution in [0.1, 0.15) is 16.1 Å². The molecule has 0 atom stereocenters. The lowest BCUT2D eigenvalue weighted by Crippen LogP contribution is -2.18. The molecule has 0 spiro atoms. The van der Waals surface area contributed by atoms with Crippen LogP contribution in [0.3, 0.4) is 0 Å². The lowest BCUT2D eigenvalue weighted by atomic mass is 10.1. The highest BCUT2D eigenvalue weighted by Crippen LogP contribution is 2.26. The summed E-state index contributed by atoms with van der Waals surface area (Å²) in [6.45, 7) is 0. The Morgan fingerprint density at radius 2 is 1.81 bits per heavy atom. The van der Waals surface area contributed by atoms with Gasteiger partial charge < -0.3 is 0 Å². The summed E-state index contributed by atoms with van der Waals surface area (Å²) in [5.41, 5.74) is 5.11. The minimum absolute atomic E-state index is 0.306. The fourth-order valence-corrected chi connectivity index (χ4v) is 3.06. The van der Waals surface area contributed by atoms with E-state index in [0.29, 0.717) is 16.4 Å². The number of hydrogen-bond acceptors (Lipinski definition) is 3. The van der Waals surface area contributed by atoms with Gasteiger partial charge in [0.2, 0.25) is 0 Å². The summed E-state index contributed by atoms with van der Waals surface area (Å²) < 4.78 is 0. The van der Waals surface area contributed by atoms with Gasteiger partial charge in [-0.25, -0.2) is 5.43 Å². The quantitative estimate of drug-likeness (QED) is 0.403. The Balaban J connectivity index is 1.50. The number of hydrazone groups is 1. The van der Waals surface area contributed by atoms with Crippen LogP contribution >= 0.6 is 11.6 Å². The Kier molecular flexibility index (Phi) is 4.68. The largest absolute Gasteiger partial charge is 0.289 e. The van der Waals surface area contributed by atoms with E-state index in [1.54, 1.807) is 18.3 Å². The van der Waals surface area contributed by atoms with Crippen LogP contribution in [0.2, 0.25) is 5.02 Å². The van der Waals surface area contributed by atoms with Crippen LogP contribution in [-0.2, 0) is 0 Å². The number of aromatic nitrogens is 2. The normalized spacial score (nSPS) is 11.1. The molecule has 4 aromatic rings. The molecular formula is C21H15ClN4O. The highest BCUT2D eigenvalue weighted by molar-refractivity contribution is 6.33. The van der Waals surface area contributed by atoms with Crippen LogP contribution in [0.15, 0.2) is 77.9 Å². The maximum absolute atomic E-state index is 12.3. The highest BCUT2D eigenvalue weighted by Gasteiger charge is 2.12. The molecule has 2 N–H and O–H groups in total. The monoisotopic (exact) mass is 374 g/mol. The Bertz CT molecular complexity index is 1140. The average molecular weight is 375 g/mol. The van der Waals surface area contributed by atoms with Gasteiger partial charge in [0.1, 0.15) is 5.69 Å². The summed E-state index contributed by atoms with van der Waals surface area (Å²) in [6.07, 6.45) is 1.63. The van der Waals surface area contributed by atoms with Crippen LogP contribution in [0.5, 0.6) is 0 Å². The Morgan fingerprint density at radius 3 is 2.70 bits per heavy atom. The van der Waals surface area contributed by atoms with E-state index in [0.717, 1.165) is 21.9 Å². The molecule has 0 bridgehead atoms. The van der Waals surface area contributed by atoms with Gasteiger partial charge in [-0.2, -0.15) is 10.2 Å². The molecule has 1 aromatic heterocycles. The SMILES string of the molecule is O=C(N/N=C/c1cccc2ccccc12)c1cc(-c2ccccc2Cl)n[nH]1. The zero-order valence-corrected chi connectivity index (χ0v) is 14.9. The van der Waals surface area contributed by atoms with E-state index in [9.17, 15) is 4.79 Å². The molecule has 0 aliphatic carbocycles. The number of H-pyrrole nitrogens is 1. The molecule has 0 aliphatic rings. The molecule has 0 unspecified atom stereocenters. The summed E-state index contributed by atoms with van der Waals surface area (Å²) in [4.78, 5) is 12.3. The number of halogens is 1. The number of fused-ring (bicyclic) bond motifs is 1. The van der Waals surface area contributed by atoms with Gasteiger partial charge in [0.15, 0.2) is 0 Å². The molecule has 1 heterocycles. The predicted molar refractivity (Wildman–Crippen MR) is 108 cm³/mol. The lowest BCUT2D eigenvalue weighted by molar-refractivity contribution is 0.0950. The first-order chi connectivity index (χ1) is 13.2. The lowest BCUT2D eigenvalue weighted by Gasteiger charge is -2.01. The van der Waals surface area contributed by atoms with Gasteiger partial charge in [-0.3, -0.25) is 9.89 Å². The van der Waals surface area contributed by atoms with Gasteiger partial charge >= 0.3 is 0 Å². The van der Waals surface area contributed by atoms with Crippen molar-refractivity contribution >= 4 is 34.5 Å². The van der Waals surface area contributed by atoms with Gasteiger partial charge in [-0.15, -0.1) is 0 Å². The third kappa shape index (κ3) is 3.59. The maximum atomic E-state index is 12.3. The molecule has 0 aliphatic heterocycles. The minimum atomic E-state index is -0.378. The van der Waals surface area contributed by atoms with Crippen molar-refractivity contribution in [2.24, 2.45) is 5.10 Å². The molecule has 3 aromatic carbocycles. The summed E-state index contributed by atoms with van der Waals surface area (Å²) in [5.74, 6) is -0.378. The van der Waals surface area contributed by atoms with Crippen molar-refractivity contribution in [2.75, 3.05) is 0 Å². The van der Waals surface area contributed by atoms with Crippen LogP contribution < -0.4 is 5.43 Å². The van der Waals surface area contributed by atoms with E-state index in [1.165, 1.54) is 0 Å². The number of carbonyl (C=O) groups is 1. The van der Waals surface area contributed by atoms with E-state index in [-0.39, 0.29) is 5.91 Å². The molecule has 0 fully saturated rings. The molecule has 0 saturated heterocycles. The molecule has 132 valence electrons. The predicted octanol–water partition coefficient (Wildman–Crippen LogP) is 4.65. The van der Waals surface area contributed by atoms with Crippen molar-refractivity contribution in [1.29, 1.82) is 0 Å². The van der Waals surface area contributed by atoms with Crippen molar-refractivity contribution < 1.29 is 4.79 Å². The second kappa shape index (κ2) is 7.43. The number of rotatable bonds is 4. The number of nitrogens with zero attached hydrogens (tertiary/aromatic N) is 2. The van der Waals surface area contributed by atoms with Crippen LogP contribution in [0.4, 0.5) is 0 Å². The average Bonchev–Trinajstić information content (AvgIpc) is 3.18. The summed E-state index contributed by atoms with van der Waals surface area (Å²) in [6, 6.07) is 22.9. The number of carbonyl (C=O) groups excluding carboxylic acids is 1. The number of amides is 1. The van der Waals surface area contributed by atoms with E-state index in [2.05, 4.69) is 20.7 Å². The first-order valence-electron chi connectivity index (χ1n) is 8.34. The second-order valence-electron chi connectivity index (χ2n) is 5.91. The van der Waals surface area contributed by atoms with Crippen LogP contribution in [0, 0.1) is 0 Å². The van der Waals surface area contributed by atoms with Crippen molar-refractivity contribution in [3.63, 3.8) is 0 Å². The van der Waals surface area contributed by atoms with E-state index >= 15 is 0 Å². The summed E-state index contributed by atoms with van der Waals surface area (Å²) in [5, 5.41) is 13.7. The summed E-state index contributed by atoms with van der Waals surface area (Å²) >= 11 is 6.17. The zero-order valence-electron chi connectivity index (χ0n) is 14.2. The Morgan fingerprint density at radius 1 is 1.04 bits per heavy atom. The fourth-order valence-electron chi connectivity index (χ4n) is 2.83. The van der Waals surface area contributed by atoms with E-state index < -0.39 is 0 Å². The van der Waals surface area contributed by atoms with Crippen LogP contribution in [-0.4, -0.2) is 22.3 Å². The van der Waals surface area contributed by atoms with Gasteiger partial charge in [0.25, 0.3) is 5.91 Å². The smallest absolute Gasteiger partial charge is 0.272 e. The molecule has 0 saturated carbocycles. The number of benzene rings is 3. The van der Waals surface area contributed by atoms with Gasteiger partial charge in [-0.05, 0) is 22.9 Å². The standard InChI is InChI=1S/C21H15ClN4O/c22-18-11-4-3-10-17(18)19-12-20(25-24-19)21(27)26-23-13-15-8-5-7-14-6-1-2-9-16(14)15/h1-13H,(H,24,25)(H,26,27)/b23-13+. The summed E-state index contributed by atoms with van der Waals surface area (Å²) in [7, 11) is 0. The maximum Gasteiger partial charge on any atom is 0.289 e. The number of aromatic amines is 1. The highest BCUT2D eigenvalue weighted by atomic mass is 35.5. The van der Waals surface area contributed by atoms with Crippen LogP contribution in [0.25, 0.3) is 22.0 Å². The van der Waals surface area contributed by atoms with E-state index in [1.807, 2.05) is 60.7 Å². The molecule has 5 nitrogen and oxygen atoms in total.